The van der Waals surface area contributed by atoms with Crippen molar-refractivity contribution in [3.05, 3.63) is 30.0 Å². The Bertz CT molecular complexity index is 581. The predicted octanol–water partition coefficient (Wildman–Crippen LogP) is 2.94. The second-order valence-corrected chi connectivity index (χ2v) is 5.09. The van der Waals surface area contributed by atoms with Crippen molar-refractivity contribution in [3.8, 4) is 5.75 Å². The predicted molar refractivity (Wildman–Crippen MR) is 84.4 cm³/mol. The molecule has 0 saturated carbocycles. The molecular weight excluding hydrogens is 250 g/mol. The molecule has 2 aromatic rings. The van der Waals surface area contributed by atoms with Crippen molar-refractivity contribution < 1.29 is 4.74 Å². The summed E-state index contributed by atoms with van der Waals surface area (Å²) in [6.45, 7) is 3.31. The van der Waals surface area contributed by atoms with E-state index < -0.39 is 0 Å². The lowest BCUT2D eigenvalue weighted by Gasteiger charge is -2.18. The maximum Gasteiger partial charge on any atom is 0.145 e. The Balaban J connectivity index is 2.51. The largest absolute Gasteiger partial charge is 0.491 e. The van der Waals surface area contributed by atoms with Gasteiger partial charge >= 0.3 is 0 Å². The van der Waals surface area contributed by atoms with Crippen LogP contribution in [0.3, 0.4) is 0 Å². The number of nitrogens with two attached hydrogens (primary N) is 1. The van der Waals surface area contributed by atoms with Gasteiger partial charge in [-0.3, -0.25) is 0 Å². The number of hydrogen-bond acceptors (Lipinski definition) is 4. The summed E-state index contributed by atoms with van der Waals surface area (Å²) < 4.78 is 5.87. The van der Waals surface area contributed by atoms with Crippen molar-refractivity contribution >= 4 is 16.6 Å². The molecule has 2 N–H and O–H groups in total. The first-order chi connectivity index (χ1) is 9.67. The summed E-state index contributed by atoms with van der Waals surface area (Å²) in [4.78, 5) is 6.72. The van der Waals surface area contributed by atoms with E-state index in [1.807, 2.05) is 32.3 Å². The first-order valence-corrected chi connectivity index (χ1v) is 7.10. The van der Waals surface area contributed by atoms with Gasteiger partial charge in [0.1, 0.15) is 11.3 Å². The van der Waals surface area contributed by atoms with E-state index in [9.17, 15) is 0 Å². The molecule has 1 aromatic heterocycles. The van der Waals surface area contributed by atoms with Gasteiger partial charge in [-0.05, 0) is 18.6 Å². The summed E-state index contributed by atoms with van der Waals surface area (Å²) in [5.74, 6) is 0.842. The Morgan fingerprint density at radius 3 is 2.75 bits per heavy atom. The molecule has 0 aliphatic heterocycles. The van der Waals surface area contributed by atoms with Gasteiger partial charge in [0.05, 0.1) is 12.3 Å². The van der Waals surface area contributed by atoms with E-state index >= 15 is 0 Å². The summed E-state index contributed by atoms with van der Waals surface area (Å²) >= 11 is 0. The smallest absolute Gasteiger partial charge is 0.145 e. The molecule has 0 bridgehead atoms. The highest BCUT2D eigenvalue weighted by molar-refractivity contribution is 5.95. The number of ether oxygens (including phenoxy) is 1. The third-order valence-corrected chi connectivity index (χ3v) is 3.28. The highest BCUT2D eigenvalue weighted by Crippen LogP contribution is 2.31. The van der Waals surface area contributed by atoms with Crippen molar-refractivity contribution in [2.75, 3.05) is 25.6 Å². The first-order valence-electron chi connectivity index (χ1n) is 7.10. The zero-order valence-corrected chi connectivity index (χ0v) is 12.5. The van der Waals surface area contributed by atoms with Gasteiger partial charge in [0.2, 0.25) is 0 Å². The van der Waals surface area contributed by atoms with Crippen LogP contribution in [0.2, 0.25) is 0 Å². The molecule has 0 radical (unpaired) electrons. The standard InChI is InChI=1S/C16H23N3O/c1-4-5-9-20-15-8-6-7-13-14(19(2)3)10-12(11-17)18-16(13)15/h6-8,10H,4-5,9,11,17H2,1-3H3. The summed E-state index contributed by atoms with van der Waals surface area (Å²) in [6, 6.07) is 8.11. The van der Waals surface area contributed by atoms with Crippen LogP contribution >= 0.6 is 0 Å². The summed E-state index contributed by atoms with van der Waals surface area (Å²) in [7, 11) is 4.05. The van der Waals surface area contributed by atoms with E-state index in [0.717, 1.165) is 47.5 Å². The molecule has 1 aromatic carbocycles. The number of hydrogen-bond donors (Lipinski definition) is 1. The Morgan fingerprint density at radius 2 is 2.10 bits per heavy atom. The molecule has 2 rings (SSSR count). The highest BCUT2D eigenvalue weighted by Gasteiger charge is 2.11. The second-order valence-electron chi connectivity index (χ2n) is 5.09. The lowest BCUT2D eigenvalue weighted by molar-refractivity contribution is 0.312. The molecule has 4 nitrogen and oxygen atoms in total. The average Bonchev–Trinajstić information content (AvgIpc) is 2.46. The lowest BCUT2D eigenvalue weighted by atomic mass is 10.1. The van der Waals surface area contributed by atoms with Gasteiger partial charge in [-0.25, -0.2) is 4.98 Å². The third kappa shape index (κ3) is 3.02. The van der Waals surface area contributed by atoms with Crippen LogP contribution in [-0.4, -0.2) is 25.7 Å². The van der Waals surface area contributed by atoms with Crippen LogP contribution < -0.4 is 15.4 Å². The van der Waals surface area contributed by atoms with E-state index in [2.05, 4.69) is 22.9 Å². The quantitative estimate of drug-likeness (QED) is 0.822. The number of benzene rings is 1. The van der Waals surface area contributed by atoms with E-state index in [1.165, 1.54) is 0 Å². The second kappa shape index (κ2) is 6.57. The summed E-state index contributed by atoms with van der Waals surface area (Å²) in [6.07, 6.45) is 2.17. The molecule has 0 aliphatic carbocycles. The monoisotopic (exact) mass is 273 g/mol. The molecule has 0 unspecified atom stereocenters. The highest BCUT2D eigenvalue weighted by atomic mass is 16.5. The van der Waals surface area contributed by atoms with Gasteiger partial charge in [0.15, 0.2) is 0 Å². The Labute approximate surface area is 120 Å². The average molecular weight is 273 g/mol. The maximum atomic E-state index is 5.87. The van der Waals surface area contributed by atoms with Crippen molar-refractivity contribution in [2.45, 2.75) is 26.3 Å². The number of fused-ring (bicyclic) bond motifs is 1. The molecular formula is C16H23N3O. The van der Waals surface area contributed by atoms with Crippen LogP contribution in [0, 0.1) is 0 Å². The molecule has 0 amide bonds. The number of rotatable bonds is 6. The van der Waals surface area contributed by atoms with Crippen LogP contribution in [0.5, 0.6) is 5.75 Å². The van der Waals surface area contributed by atoms with Gasteiger partial charge in [-0.15, -0.1) is 0 Å². The van der Waals surface area contributed by atoms with Crippen LogP contribution in [0.4, 0.5) is 5.69 Å². The van der Waals surface area contributed by atoms with Crippen molar-refractivity contribution in [2.24, 2.45) is 5.73 Å². The molecule has 0 atom stereocenters. The molecule has 1 heterocycles. The van der Waals surface area contributed by atoms with Crippen LogP contribution in [-0.2, 0) is 6.54 Å². The van der Waals surface area contributed by atoms with Gasteiger partial charge < -0.3 is 15.4 Å². The topological polar surface area (TPSA) is 51.4 Å². The minimum atomic E-state index is 0.431. The van der Waals surface area contributed by atoms with Crippen molar-refractivity contribution in [3.63, 3.8) is 0 Å². The van der Waals surface area contributed by atoms with E-state index in [0.29, 0.717) is 6.54 Å². The fourth-order valence-corrected chi connectivity index (χ4v) is 2.17. The third-order valence-electron chi connectivity index (χ3n) is 3.28. The summed E-state index contributed by atoms with van der Waals surface area (Å²) in [5.41, 5.74) is 8.66. The van der Waals surface area contributed by atoms with Crippen molar-refractivity contribution in [1.82, 2.24) is 4.98 Å². The Hall–Kier alpha value is -1.81. The van der Waals surface area contributed by atoms with Crippen LogP contribution in [0.25, 0.3) is 10.9 Å². The first kappa shape index (κ1) is 14.6. The summed E-state index contributed by atoms with van der Waals surface area (Å²) in [5, 5.41) is 1.10. The minimum absolute atomic E-state index is 0.431. The minimum Gasteiger partial charge on any atom is -0.491 e. The molecule has 0 spiro atoms. The number of pyridine rings is 1. The van der Waals surface area contributed by atoms with E-state index in [-0.39, 0.29) is 0 Å². The van der Waals surface area contributed by atoms with Gasteiger partial charge in [-0.2, -0.15) is 0 Å². The number of anilines is 1. The van der Waals surface area contributed by atoms with Crippen molar-refractivity contribution in [1.29, 1.82) is 0 Å². The molecule has 20 heavy (non-hydrogen) atoms. The van der Waals surface area contributed by atoms with Gasteiger partial charge in [0.25, 0.3) is 0 Å². The molecule has 0 saturated heterocycles. The number of para-hydroxylation sites is 1. The van der Waals surface area contributed by atoms with Crippen LogP contribution in [0.1, 0.15) is 25.5 Å². The molecule has 108 valence electrons. The van der Waals surface area contributed by atoms with Crippen LogP contribution in [0.15, 0.2) is 24.3 Å². The number of unbranched alkanes of at least 4 members (excludes halogenated alkanes) is 1. The molecule has 0 fully saturated rings. The fourth-order valence-electron chi connectivity index (χ4n) is 2.17. The lowest BCUT2D eigenvalue weighted by Crippen LogP contribution is -2.12. The van der Waals surface area contributed by atoms with Gasteiger partial charge in [-0.1, -0.05) is 25.5 Å². The normalized spacial score (nSPS) is 10.8. The fraction of sp³-hybridized carbons (Fsp3) is 0.438. The number of aromatic nitrogens is 1. The van der Waals surface area contributed by atoms with E-state index in [4.69, 9.17) is 10.5 Å². The van der Waals surface area contributed by atoms with Gasteiger partial charge in [0, 0.05) is 31.7 Å². The Morgan fingerprint density at radius 1 is 1.30 bits per heavy atom. The zero-order chi connectivity index (χ0) is 14.5. The Kier molecular flexibility index (Phi) is 4.79. The maximum absolute atomic E-state index is 5.87. The van der Waals surface area contributed by atoms with E-state index in [1.54, 1.807) is 0 Å². The molecule has 0 aliphatic rings. The number of nitrogens with zero attached hydrogens (tertiary/aromatic N) is 2. The zero-order valence-electron chi connectivity index (χ0n) is 12.5. The molecule has 4 heteroatoms. The SMILES string of the molecule is CCCCOc1cccc2c(N(C)C)cc(CN)nc12.